The Bertz CT molecular complexity index is 418. The van der Waals surface area contributed by atoms with E-state index in [9.17, 15) is 4.79 Å². The molecule has 0 radical (unpaired) electrons. The molecular weight excluding hydrogens is 216 g/mol. The second kappa shape index (κ2) is 5.27. The average Bonchev–Trinajstić information content (AvgIpc) is 2.31. The second-order valence-corrected chi connectivity index (χ2v) is 4.46. The molecule has 1 saturated heterocycles. The summed E-state index contributed by atoms with van der Waals surface area (Å²) in [7, 11) is 1.64. The predicted octanol–water partition coefficient (Wildman–Crippen LogP) is 1.12. The van der Waals surface area contributed by atoms with Gasteiger partial charge in [0, 0.05) is 55.4 Å². The third-order valence-electron chi connectivity index (χ3n) is 3.07. The molecule has 0 aliphatic carbocycles. The van der Waals surface area contributed by atoms with E-state index in [0.717, 1.165) is 30.2 Å². The van der Waals surface area contributed by atoms with Crippen LogP contribution in [0.2, 0.25) is 0 Å². The fourth-order valence-electron chi connectivity index (χ4n) is 2.17. The maximum atomic E-state index is 11.7. The third-order valence-corrected chi connectivity index (χ3v) is 3.07. The number of nitrogens with one attached hydrogen (secondary N) is 1. The maximum absolute atomic E-state index is 11.7. The van der Waals surface area contributed by atoms with E-state index in [1.54, 1.807) is 7.11 Å². The van der Waals surface area contributed by atoms with Crippen molar-refractivity contribution >= 4 is 5.78 Å². The van der Waals surface area contributed by atoms with E-state index in [0.29, 0.717) is 18.6 Å². The van der Waals surface area contributed by atoms with E-state index in [2.05, 4.69) is 10.3 Å². The average molecular weight is 234 g/mol. The van der Waals surface area contributed by atoms with Gasteiger partial charge in [-0.25, -0.2) is 0 Å². The number of carbonyl (C=O) groups is 1. The lowest BCUT2D eigenvalue weighted by Gasteiger charge is -2.21. The van der Waals surface area contributed by atoms with Crippen LogP contribution in [0.15, 0.2) is 12.1 Å². The molecule has 2 heterocycles. The highest BCUT2D eigenvalue weighted by molar-refractivity contribution is 5.82. The molecule has 0 saturated carbocycles. The first kappa shape index (κ1) is 12.0. The van der Waals surface area contributed by atoms with Crippen molar-refractivity contribution in [3.8, 4) is 5.75 Å². The van der Waals surface area contributed by atoms with E-state index < -0.39 is 0 Å². The molecule has 4 heteroatoms. The van der Waals surface area contributed by atoms with Crippen molar-refractivity contribution in [3.63, 3.8) is 0 Å². The number of ketones is 1. The fraction of sp³-hybridized carbons (Fsp3) is 0.538. The van der Waals surface area contributed by atoms with Crippen molar-refractivity contribution in [1.29, 1.82) is 0 Å². The van der Waals surface area contributed by atoms with E-state index in [4.69, 9.17) is 4.74 Å². The molecule has 1 aromatic heterocycles. The first-order chi connectivity index (χ1) is 8.19. The minimum absolute atomic E-state index is 0.0581. The number of aryl methyl sites for hydroxylation is 1. The molecule has 92 valence electrons. The van der Waals surface area contributed by atoms with Crippen LogP contribution in [0.3, 0.4) is 0 Å². The van der Waals surface area contributed by atoms with E-state index in [1.165, 1.54) is 0 Å². The normalized spacial score (nSPS) is 20.4. The Kier molecular flexibility index (Phi) is 3.74. The molecule has 0 spiro atoms. The molecular formula is C13H18N2O2. The van der Waals surface area contributed by atoms with Crippen LogP contribution in [0.4, 0.5) is 0 Å². The molecule has 0 bridgehead atoms. The SMILES string of the molecule is COc1cc(C)nc(CC2CNCCC2=O)c1. The van der Waals surface area contributed by atoms with Gasteiger partial charge in [0.15, 0.2) is 0 Å². The van der Waals surface area contributed by atoms with Gasteiger partial charge in [-0.1, -0.05) is 0 Å². The van der Waals surface area contributed by atoms with Crippen LogP contribution in [0.1, 0.15) is 17.8 Å². The molecule has 1 fully saturated rings. The van der Waals surface area contributed by atoms with E-state index in [-0.39, 0.29) is 5.92 Å². The lowest BCUT2D eigenvalue weighted by molar-refractivity contribution is -0.123. The zero-order valence-electron chi connectivity index (χ0n) is 10.3. The topological polar surface area (TPSA) is 51.2 Å². The summed E-state index contributed by atoms with van der Waals surface area (Å²) in [4.78, 5) is 16.2. The first-order valence-electron chi connectivity index (χ1n) is 5.94. The Morgan fingerprint density at radius 2 is 2.35 bits per heavy atom. The summed E-state index contributed by atoms with van der Waals surface area (Å²) >= 11 is 0. The van der Waals surface area contributed by atoms with Gasteiger partial charge in [0.05, 0.1) is 7.11 Å². The Morgan fingerprint density at radius 1 is 1.53 bits per heavy atom. The first-order valence-corrected chi connectivity index (χ1v) is 5.94. The number of piperidine rings is 1. The van der Waals surface area contributed by atoms with Crippen molar-refractivity contribution < 1.29 is 9.53 Å². The van der Waals surface area contributed by atoms with Crippen LogP contribution in [0, 0.1) is 12.8 Å². The van der Waals surface area contributed by atoms with Crippen molar-refractivity contribution in [2.75, 3.05) is 20.2 Å². The number of hydrogen-bond donors (Lipinski definition) is 1. The van der Waals surface area contributed by atoms with E-state index >= 15 is 0 Å². The molecule has 0 amide bonds. The Balaban J connectivity index is 2.11. The zero-order valence-corrected chi connectivity index (χ0v) is 10.3. The summed E-state index contributed by atoms with van der Waals surface area (Å²) in [6.45, 7) is 3.50. The van der Waals surface area contributed by atoms with Gasteiger partial charge in [-0.2, -0.15) is 0 Å². The highest BCUT2D eigenvalue weighted by Gasteiger charge is 2.22. The highest BCUT2D eigenvalue weighted by Crippen LogP contribution is 2.18. The summed E-state index contributed by atoms with van der Waals surface area (Å²) in [6, 6.07) is 3.80. The fourth-order valence-corrected chi connectivity index (χ4v) is 2.17. The second-order valence-electron chi connectivity index (χ2n) is 4.46. The Hall–Kier alpha value is -1.42. The van der Waals surface area contributed by atoms with Gasteiger partial charge >= 0.3 is 0 Å². The van der Waals surface area contributed by atoms with Crippen LogP contribution >= 0.6 is 0 Å². The molecule has 0 aromatic carbocycles. The standard InChI is InChI=1S/C13H18N2O2/c1-9-5-12(17-2)7-11(15-9)6-10-8-14-4-3-13(10)16/h5,7,10,14H,3-4,6,8H2,1-2H3. The molecule has 17 heavy (non-hydrogen) atoms. The number of rotatable bonds is 3. The lowest BCUT2D eigenvalue weighted by Crippen LogP contribution is -2.38. The van der Waals surface area contributed by atoms with Crippen molar-refractivity contribution in [1.82, 2.24) is 10.3 Å². The number of Topliss-reactive ketones (excluding diaryl/α,β-unsaturated/α-hetero) is 1. The summed E-state index contributed by atoms with van der Waals surface area (Å²) in [5, 5.41) is 3.25. The van der Waals surface area contributed by atoms with Gasteiger partial charge in [0.2, 0.25) is 0 Å². The number of nitrogens with zero attached hydrogens (tertiary/aromatic N) is 1. The molecule has 4 nitrogen and oxygen atoms in total. The van der Waals surface area contributed by atoms with Crippen LogP contribution in [0.5, 0.6) is 5.75 Å². The summed E-state index contributed by atoms with van der Waals surface area (Å²) in [5.74, 6) is 1.21. The van der Waals surface area contributed by atoms with Crippen LogP contribution in [-0.4, -0.2) is 31.0 Å². The van der Waals surface area contributed by atoms with E-state index in [1.807, 2.05) is 19.1 Å². The minimum Gasteiger partial charge on any atom is -0.497 e. The van der Waals surface area contributed by atoms with Crippen molar-refractivity contribution in [3.05, 3.63) is 23.5 Å². The molecule has 1 unspecified atom stereocenters. The van der Waals surface area contributed by atoms with Crippen molar-refractivity contribution in [2.45, 2.75) is 19.8 Å². The molecule has 2 rings (SSSR count). The van der Waals surface area contributed by atoms with Crippen LogP contribution in [-0.2, 0) is 11.2 Å². The molecule has 1 atom stereocenters. The maximum Gasteiger partial charge on any atom is 0.138 e. The molecule has 1 aliphatic rings. The van der Waals surface area contributed by atoms with Crippen LogP contribution in [0.25, 0.3) is 0 Å². The number of carbonyl (C=O) groups excluding carboxylic acids is 1. The number of aromatic nitrogens is 1. The van der Waals surface area contributed by atoms with Gasteiger partial charge in [0.25, 0.3) is 0 Å². The van der Waals surface area contributed by atoms with Crippen molar-refractivity contribution in [2.24, 2.45) is 5.92 Å². The molecule has 1 aliphatic heterocycles. The lowest BCUT2D eigenvalue weighted by atomic mass is 9.93. The minimum atomic E-state index is 0.0581. The Labute approximate surface area is 101 Å². The third kappa shape index (κ3) is 3.03. The Morgan fingerprint density at radius 3 is 3.06 bits per heavy atom. The molecule has 1 N–H and O–H groups in total. The van der Waals surface area contributed by atoms with Gasteiger partial charge in [-0.05, 0) is 6.92 Å². The summed E-state index contributed by atoms with van der Waals surface area (Å²) in [6.07, 6.45) is 1.33. The summed E-state index contributed by atoms with van der Waals surface area (Å²) in [5.41, 5.74) is 1.86. The predicted molar refractivity (Wildman–Crippen MR) is 65.2 cm³/mol. The van der Waals surface area contributed by atoms with Gasteiger partial charge in [-0.15, -0.1) is 0 Å². The number of ether oxygens (including phenoxy) is 1. The molecule has 1 aromatic rings. The van der Waals surface area contributed by atoms with Gasteiger partial charge < -0.3 is 10.1 Å². The largest absolute Gasteiger partial charge is 0.497 e. The summed E-state index contributed by atoms with van der Waals surface area (Å²) < 4.78 is 5.21. The number of hydrogen-bond acceptors (Lipinski definition) is 4. The number of methoxy groups -OCH3 is 1. The highest BCUT2D eigenvalue weighted by atomic mass is 16.5. The monoisotopic (exact) mass is 234 g/mol. The zero-order chi connectivity index (χ0) is 12.3. The van der Waals surface area contributed by atoms with Crippen LogP contribution < -0.4 is 10.1 Å². The smallest absolute Gasteiger partial charge is 0.138 e. The quantitative estimate of drug-likeness (QED) is 0.851. The van der Waals surface area contributed by atoms with Gasteiger partial charge in [-0.3, -0.25) is 9.78 Å². The van der Waals surface area contributed by atoms with Gasteiger partial charge in [0.1, 0.15) is 11.5 Å². The number of pyridine rings is 1.